The molecular weight excluding hydrogens is 288 g/mol. The molecule has 120 valence electrons. The van der Waals surface area contributed by atoms with Gasteiger partial charge in [-0.15, -0.1) is 0 Å². The molecule has 0 unspecified atom stereocenters. The Hall–Kier alpha value is -2.50. The Morgan fingerprint density at radius 3 is 2.00 bits per heavy atom. The Kier molecular flexibility index (Phi) is 6.44. The molecule has 0 N–H and O–H groups in total. The summed E-state index contributed by atoms with van der Waals surface area (Å²) in [6, 6.07) is 3.24. The first-order chi connectivity index (χ1) is 10.5. The molecule has 0 heterocycles. The molecule has 0 amide bonds. The van der Waals surface area contributed by atoms with Crippen LogP contribution in [0.5, 0.6) is 17.2 Å². The van der Waals surface area contributed by atoms with E-state index in [1.807, 2.05) is 0 Å². The molecule has 6 nitrogen and oxygen atoms in total. The minimum Gasteiger partial charge on any atom is -0.496 e. The van der Waals surface area contributed by atoms with Crippen molar-refractivity contribution in [3.05, 3.63) is 23.3 Å². The van der Waals surface area contributed by atoms with Crippen LogP contribution in [0.1, 0.15) is 19.4 Å². The minimum atomic E-state index is -0.674. The van der Waals surface area contributed by atoms with Gasteiger partial charge in [0.1, 0.15) is 11.3 Å². The number of esters is 1. The van der Waals surface area contributed by atoms with Crippen molar-refractivity contribution < 1.29 is 28.5 Å². The number of hydrogen-bond acceptors (Lipinski definition) is 6. The number of methoxy groups -OCH3 is 3. The van der Waals surface area contributed by atoms with Crippen molar-refractivity contribution in [2.45, 2.75) is 13.8 Å². The van der Waals surface area contributed by atoms with Crippen molar-refractivity contribution in [3.63, 3.8) is 0 Å². The van der Waals surface area contributed by atoms with Gasteiger partial charge < -0.3 is 18.9 Å². The van der Waals surface area contributed by atoms with Gasteiger partial charge in [0.05, 0.1) is 27.9 Å². The van der Waals surface area contributed by atoms with Crippen LogP contribution in [0.3, 0.4) is 0 Å². The van der Waals surface area contributed by atoms with Crippen LogP contribution in [0.15, 0.2) is 17.7 Å². The summed E-state index contributed by atoms with van der Waals surface area (Å²) in [6.45, 7) is 3.16. The van der Waals surface area contributed by atoms with E-state index >= 15 is 0 Å². The predicted octanol–water partition coefficient (Wildman–Crippen LogP) is 2.25. The van der Waals surface area contributed by atoms with Crippen molar-refractivity contribution in [2.24, 2.45) is 0 Å². The van der Waals surface area contributed by atoms with E-state index in [0.29, 0.717) is 22.8 Å². The standard InChI is InChI=1S/C16H20O6/c1-6-22-16(18)12(10(2)17)7-11-8-14(20-4)15(21-5)9-13(11)19-3/h7-9H,6H2,1-5H3. The van der Waals surface area contributed by atoms with Crippen LogP contribution in [0.4, 0.5) is 0 Å². The molecule has 1 aromatic rings. The smallest absolute Gasteiger partial charge is 0.341 e. The molecule has 1 rings (SSSR count). The van der Waals surface area contributed by atoms with E-state index in [2.05, 4.69) is 0 Å². The lowest BCUT2D eigenvalue weighted by Gasteiger charge is -2.13. The number of Topliss-reactive ketones (excluding diaryl/α,β-unsaturated/α-hetero) is 1. The van der Waals surface area contributed by atoms with Crippen molar-refractivity contribution in [2.75, 3.05) is 27.9 Å². The molecule has 0 bridgehead atoms. The van der Waals surface area contributed by atoms with E-state index in [4.69, 9.17) is 18.9 Å². The lowest BCUT2D eigenvalue weighted by atomic mass is 10.1. The normalized spacial score (nSPS) is 10.9. The first-order valence-electron chi connectivity index (χ1n) is 6.68. The summed E-state index contributed by atoms with van der Waals surface area (Å²) in [7, 11) is 4.48. The number of carbonyl (C=O) groups excluding carboxylic acids is 2. The molecule has 0 aliphatic carbocycles. The molecule has 1 aromatic carbocycles. The molecule has 6 heteroatoms. The fourth-order valence-corrected chi connectivity index (χ4v) is 1.83. The maximum atomic E-state index is 11.9. The lowest BCUT2D eigenvalue weighted by Crippen LogP contribution is -2.13. The zero-order chi connectivity index (χ0) is 16.7. The summed E-state index contributed by atoms with van der Waals surface area (Å²) >= 11 is 0. The summed E-state index contributed by atoms with van der Waals surface area (Å²) in [5.41, 5.74) is 0.450. The van der Waals surface area contributed by atoms with E-state index in [0.717, 1.165) is 0 Å². The third-order valence-electron chi connectivity index (χ3n) is 2.91. The monoisotopic (exact) mass is 308 g/mol. The first-order valence-corrected chi connectivity index (χ1v) is 6.68. The van der Waals surface area contributed by atoms with Crippen LogP contribution in [0.2, 0.25) is 0 Å². The van der Waals surface area contributed by atoms with Crippen LogP contribution in [-0.4, -0.2) is 39.7 Å². The largest absolute Gasteiger partial charge is 0.496 e. The highest BCUT2D eigenvalue weighted by Gasteiger charge is 2.18. The third kappa shape index (κ3) is 4.00. The number of ketones is 1. The van der Waals surface area contributed by atoms with Crippen molar-refractivity contribution >= 4 is 17.8 Å². The van der Waals surface area contributed by atoms with Gasteiger partial charge in [-0.3, -0.25) is 4.79 Å². The van der Waals surface area contributed by atoms with Crippen LogP contribution in [-0.2, 0) is 14.3 Å². The van der Waals surface area contributed by atoms with Gasteiger partial charge >= 0.3 is 5.97 Å². The van der Waals surface area contributed by atoms with Crippen LogP contribution < -0.4 is 14.2 Å². The molecule has 0 saturated carbocycles. The second-order valence-electron chi connectivity index (χ2n) is 4.28. The zero-order valence-corrected chi connectivity index (χ0v) is 13.4. The van der Waals surface area contributed by atoms with Gasteiger partial charge in [-0.2, -0.15) is 0 Å². The fourth-order valence-electron chi connectivity index (χ4n) is 1.83. The fraction of sp³-hybridized carbons (Fsp3) is 0.375. The highest BCUT2D eigenvalue weighted by molar-refractivity contribution is 6.19. The summed E-state index contributed by atoms with van der Waals surface area (Å²) < 4.78 is 20.6. The maximum Gasteiger partial charge on any atom is 0.341 e. The summed E-state index contributed by atoms with van der Waals surface area (Å²) in [6.07, 6.45) is 1.42. The predicted molar refractivity (Wildman–Crippen MR) is 81.4 cm³/mol. The zero-order valence-electron chi connectivity index (χ0n) is 13.4. The molecule has 0 aliphatic rings. The third-order valence-corrected chi connectivity index (χ3v) is 2.91. The molecule has 0 radical (unpaired) electrons. The van der Waals surface area contributed by atoms with E-state index in [-0.39, 0.29) is 12.2 Å². The summed E-state index contributed by atoms with van der Waals surface area (Å²) in [5, 5.41) is 0. The molecule has 0 atom stereocenters. The maximum absolute atomic E-state index is 11.9. The molecular formula is C16H20O6. The Morgan fingerprint density at radius 2 is 1.55 bits per heavy atom. The van der Waals surface area contributed by atoms with E-state index < -0.39 is 11.8 Å². The minimum absolute atomic E-state index is 0.0626. The summed E-state index contributed by atoms with van der Waals surface area (Å²) in [5.74, 6) is 0.321. The van der Waals surface area contributed by atoms with Gasteiger partial charge in [0, 0.05) is 11.6 Å². The summed E-state index contributed by atoms with van der Waals surface area (Å²) in [4.78, 5) is 23.5. The molecule has 0 aromatic heterocycles. The number of benzene rings is 1. The van der Waals surface area contributed by atoms with E-state index in [1.54, 1.807) is 19.1 Å². The lowest BCUT2D eigenvalue weighted by molar-refractivity contribution is -0.139. The number of carbonyl (C=O) groups is 2. The van der Waals surface area contributed by atoms with Gasteiger partial charge in [-0.05, 0) is 26.0 Å². The van der Waals surface area contributed by atoms with Gasteiger partial charge in [0.2, 0.25) is 0 Å². The van der Waals surface area contributed by atoms with Crippen molar-refractivity contribution in [3.8, 4) is 17.2 Å². The SMILES string of the molecule is CCOC(=O)C(=Cc1cc(OC)c(OC)cc1OC)C(C)=O. The molecule has 0 fully saturated rings. The van der Waals surface area contributed by atoms with Crippen LogP contribution >= 0.6 is 0 Å². The highest BCUT2D eigenvalue weighted by atomic mass is 16.5. The first kappa shape index (κ1) is 17.6. The van der Waals surface area contributed by atoms with Crippen LogP contribution in [0.25, 0.3) is 6.08 Å². The molecule has 0 aliphatic heterocycles. The second kappa shape index (κ2) is 8.07. The van der Waals surface area contributed by atoms with Crippen LogP contribution in [0, 0.1) is 0 Å². The topological polar surface area (TPSA) is 71.1 Å². The van der Waals surface area contributed by atoms with E-state index in [1.165, 1.54) is 34.3 Å². The molecule has 0 saturated heterocycles. The Bertz CT molecular complexity index is 589. The average Bonchev–Trinajstić information content (AvgIpc) is 2.51. The molecule has 22 heavy (non-hydrogen) atoms. The second-order valence-corrected chi connectivity index (χ2v) is 4.28. The highest BCUT2D eigenvalue weighted by Crippen LogP contribution is 2.35. The van der Waals surface area contributed by atoms with Gasteiger partial charge in [0.15, 0.2) is 17.3 Å². The Balaban J connectivity index is 3.41. The van der Waals surface area contributed by atoms with Crippen molar-refractivity contribution in [1.29, 1.82) is 0 Å². The van der Waals surface area contributed by atoms with Gasteiger partial charge in [-0.25, -0.2) is 4.79 Å². The number of rotatable bonds is 7. The molecule has 0 spiro atoms. The average molecular weight is 308 g/mol. The van der Waals surface area contributed by atoms with Gasteiger partial charge in [-0.1, -0.05) is 0 Å². The number of hydrogen-bond donors (Lipinski definition) is 0. The van der Waals surface area contributed by atoms with E-state index in [9.17, 15) is 9.59 Å². The quantitative estimate of drug-likeness (QED) is 0.333. The Morgan fingerprint density at radius 1 is 1.00 bits per heavy atom. The van der Waals surface area contributed by atoms with Crippen molar-refractivity contribution in [1.82, 2.24) is 0 Å². The Labute approximate surface area is 129 Å². The van der Waals surface area contributed by atoms with Gasteiger partial charge in [0.25, 0.3) is 0 Å². The number of ether oxygens (including phenoxy) is 4.